The summed E-state index contributed by atoms with van der Waals surface area (Å²) in [5, 5.41) is 3.28. The van der Waals surface area contributed by atoms with Crippen LogP contribution in [-0.2, 0) is 22.6 Å². The predicted octanol–water partition coefficient (Wildman–Crippen LogP) is 5.77. The summed E-state index contributed by atoms with van der Waals surface area (Å²) in [5.41, 5.74) is 4.13. The Morgan fingerprint density at radius 1 is 0.892 bits per heavy atom. The molecule has 37 heavy (non-hydrogen) atoms. The van der Waals surface area contributed by atoms with E-state index in [0.717, 1.165) is 47.9 Å². The first-order chi connectivity index (χ1) is 18.0. The van der Waals surface area contributed by atoms with Gasteiger partial charge in [0.1, 0.15) is 11.8 Å². The minimum absolute atomic E-state index is 0.0912. The number of nitrogens with one attached hydrogen (secondary N) is 1. The first kappa shape index (κ1) is 26.5. The van der Waals surface area contributed by atoms with Gasteiger partial charge in [-0.25, -0.2) is 0 Å². The molecule has 1 atom stereocenters. The van der Waals surface area contributed by atoms with Crippen molar-refractivity contribution in [2.24, 2.45) is 0 Å². The molecule has 0 aromatic heterocycles. The largest absolute Gasteiger partial charge is 0.483 e. The highest BCUT2D eigenvalue weighted by Gasteiger charge is 2.32. The third kappa shape index (κ3) is 7.69. The van der Waals surface area contributed by atoms with Crippen LogP contribution in [0.25, 0.3) is 0 Å². The third-order valence-electron chi connectivity index (χ3n) is 7.10. The van der Waals surface area contributed by atoms with Crippen molar-refractivity contribution in [3.63, 3.8) is 0 Å². The predicted molar refractivity (Wildman–Crippen MR) is 147 cm³/mol. The second-order valence-corrected chi connectivity index (χ2v) is 10.1. The molecule has 0 aliphatic heterocycles. The Balaban J connectivity index is 1.60. The summed E-state index contributed by atoms with van der Waals surface area (Å²) in [6.07, 6.45) is 5.91. The van der Waals surface area contributed by atoms with Gasteiger partial charge in [0.05, 0.1) is 0 Å². The van der Waals surface area contributed by atoms with Gasteiger partial charge in [0.25, 0.3) is 5.91 Å². The Morgan fingerprint density at radius 3 is 2.19 bits per heavy atom. The van der Waals surface area contributed by atoms with Crippen LogP contribution in [0.1, 0.15) is 54.4 Å². The molecule has 1 aliphatic carbocycles. The van der Waals surface area contributed by atoms with E-state index in [1.165, 1.54) is 6.42 Å². The number of rotatable bonds is 10. The fourth-order valence-corrected chi connectivity index (χ4v) is 5.06. The molecule has 1 saturated carbocycles. The van der Waals surface area contributed by atoms with Gasteiger partial charge in [-0.05, 0) is 49.4 Å². The molecule has 0 radical (unpaired) electrons. The highest BCUT2D eigenvalue weighted by molar-refractivity contribution is 5.88. The van der Waals surface area contributed by atoms with E-state index in [0.29, 0.717) is 18.7 Å². The average Bonchev–Trinajstić information content (AvgIpc) is 2.91. The van der Waals surface area contributed by atoms with Gasteiger partial charge in [-0.15, -0.1) is 0 Å². The Bertz CT molecular complexity index is 1160. The van der Waals surface area contributed by atoms with Crippen molar-refractivity contribution < 1.29 is 14.3 Å². The zero-order valence-corrected chi connectivity index (χ0v) is 22.0. The molecule has 1 N–H and O–H groups in total. The molecule has 194 valence electrons. The third-order valence-corrected chi connectivity index (χ3v) is 7.10. The fraction of sp³-hybridized carbons (Fsp3) is 0.375. The van der Waals surface area contributed by atoms with Crippen LogP contribution in [0.15, 0.2) is 78.9 Å². The van der Waals surface area contributed by atoms with Crippen LogP contribution >= 0.6 is 0 Å². The number of ether oxygens (including phenoxy) is 1. The van der Waals surface area contributed by atoms with E-state index in [1.54, 1.807) is 4.90 Å². The first-order valence-electron chi connectivity index (χ1n) is 13.4. The maximum absolute atomic E-state index is 13.8. The molecule has 3 aromatic carbocycles. The highest BCUT2D eigenvalue weighted by Crippen LogP contribution is 2.21. The van der Waals surface area contributed by atoms with Crippen molar-refractivity contribution in [3.05, 3.63) is 101 Å². The molecule has 0 spiro atoms. The summed E-state index contributed by atoms with van der Waals surface area (Å²) in [4.78, 5) is 29.2. The number of carbonyl (C=O) groups is 2. The number of aryl methyl sites for hydroxylation is 2. The zero-order chi connectivity index (χ0) is 26.0. The van der Waals surface area contributed by atoms with Gasteiger partial charge in [-0.2, -0.15) is 0 Å². The fourth-order valence-electron chi connectivity index (χ4n) is 5.06. The summed E-state index contributed by atoms with van der Waals surface area (Å²) < 4.78 is 5.98. The minimum Gasteiger partial charge on any atom is -0.483 e. The Labute approximate surface area is 220 Å². The van der Waals surface area contributed by atoms with Crippen LogP contribution in [0.3, 0.4) is 0 Å². The smallest absolute Gasteiger partial charge is 0.261 e. The van der Waals surface area contributed by atoms with Crippen LogP contribution in [-0.4, -0.2) is 35.4 Å². The molecular weight excluding hydrogens is 460 g/mol. The molecule has 5 heteroatoms. The van der Waals surface area contributed by atoms with Crippen molar-refractivity contribution >= 4 is 11.8 Å². The van der Waals surface area contributed by atoms with Crippen LogP contribution < -0.4 is 10.1 Å². The summed E-state index contributed by atoms with van der Waals surface area (Å²) in [7, 11) is 0. The van der Waals surface area contributed by atoms with Crippen LogP contribution in [0.2, 0.25) is 0 Å². The minimum atomic E-state index is -0.639. The second kappa shape index (κ2) is 13.1. The molecule has 1 unspecified atom stereocenters. The first-order valence-corrected chi connectivity index (χ1v) is 13.4. The van der Waals surface area contributed by atoms with E-state index >= 15 is 0 Å². The summed E-state index contributed by atoms with van der Waals surface area (Å²) in [5.74, 6) is 0.389. The van der Waals surface area contributed by atoms with Gasteiger partial charge >= 0.3 is 0 Å². The summed E-state index contributed by atoms with van der Waals surface area (Å²) >= 11 is 0. The van der Waals surface area contributed by atoms with E-state index in [2.05, 4.69) is 5.32 Å². The maximum atomic E-state index is 13.8. The van der Waals surface area contributed by atoms with Crippen molar-refractivity contribution in [1.82, 2.24) is 10.2 Å². The lowest BCUT2D eigenvalue weighted by Gasteiger charge is -2.33. The normalized spacial score (nSPS) is 14.5. The highest BCUT2D eigenvalue weighted by atomic mass is 16.5. The molecule has 0 heterocycles. The van der Waals surface area contributed by atoms with Gasteiger partial charge in [0, 0.05) is 19.0 Å². The topological polar surface area (TPSA) is 58.6 Å². The van der Waals surface area contributed by atoms with Crippen LogP contribution in [0.5, 0.6) is 5.75 Å². The van der Waals surface area contributed by atoms with Gasteiger partial charge in [0.2, 0.25) is 5.91 Å². The van der Waals surface area contributed by atoms with E-state index in [9.17, 15) is 9.59 Å². The number of benzene rings is 3. The van der Waals surface area contributed by atoms with E-state index in [1.807, 2.05) is 92.7 Å². The lowest BCUT2D eigenvalue weighted by atomic mass is 9.94. The van der Waals surface area contributed by atoms with Crippen molar-refractivity contribution in [1.29, 1.82) is 0 Å². The molecule has 1 fully saturated rings. The van der Waals surface area contributed by atoms with Crippen molar-refractivity contribution in [2.45, 2.75) is 71.0 Å². The molecule has 2 amide bonds. The van der Waals surface area contributed by atoms with E-state index in [-0.39, 0.29) is 24.5 Å². The van der Waals surface area contributed by atoms with Gasteiger partial charge in [-0.1, -0.05) is 97.6 Å². The maximum Gasteiger partial charge on any atom is 0.261 e. The second-order valence-electron chi connectivity index (χ2n) is 10.1. The molecular formula is C32H38N2O3. The number of carbonyl (C=O) groups excluding carboxylic acids is 2. The average molecular weight is 499 g/mol. The summed E-state index contributed by atoms with van der Waals surface area (Å²) in [6.45, 7) is 4.22. The Hall–Kier alpha value is -3.60. The number of nitrogens with zero attached hydrogens (tertiary/aromatic N) is 1. The molecule has 0 bridgehead atoms. The molecule has 1 aliphatic rings. The van der Waals surface area contributed by atoms with E-state index in [4.69, 9.17) is 4.74 Å². The van der Waals surface area contributed by atoms with Crippen LogP contribution in [0.4, 0.5) is 0 Å². The molecule has 0 saturated heterocycles. The molecule has 3 aromatic rings. The molecule has 4 rings (SSSR count). The SMILES string of the molecule is Cc1ccc(OCC(=O)N(Cc2ccccc2)C(Cc2ccccc2)C(=O)NC2CCCCC2)c(C)c1. The zero-order valence-electron chi connectivity index (χ0n) is 22.0. The lowest BCUT2D eigenvalue weighted by Crippen LogP contribution is -2.53. The van der Waals surface area contributed by atoms with Gasteiger partial charge in [-0.3, -0.25) is 9.59 Å². The monoisotopic (exact) mass is 498 g/mol. The number of hydrogen-bond acceptors (Lipinski definition) is 3. The Morgan fingerprint density at radius 2 is 1.54 bits per heavy atom. The van der Waals surface area contributed by atoms with Gasteiger partial charge < -0.3 is 15.0 Å². The Kier molecular flexibility index (Phi) is 9.36. The summed E-state index contributed by atoms with van der Waals surface area (Å²) in [6, 6.07) is 25.2. The standard InChI is InChI=1S/C32H38N2O3/c1-24-18-19-30(25(2)20-24)37-23-31(35)34(22-27-14-8-4-9-15-27)29(21-26-12-6-3-7-13-26)32(36)33-28-16-10-5-11-17-28/h3-4,6-9,12-15,18-20,28-29H,5,10-11,16-17,21-23H2,1-2H3,(H,33,36). The van der Waals surface area contributed by atoms with Crippen molar-refractivity contribution in [2.75, 3.05) is 6.61 Å². The quantitative estimate of drug-likeness (QED) is 0.386. The van der Waals surface area contributed by atoms with E-state index < -0.39 is 6.04 Å². The number of amides is 2. The molecule has 5 nitrogen and oxygen atoms in total. The lowest BCUT2D eigenvalue weighted by molar-refractivity contribution is -0.143. The van der Waals surface area contributed by atoms with Crippen molar-refractivity contribution in [3.8, 4) is 5.75 Å². The van der Waals surface area contributed by atoms with Gasteiger partial charge in [0.15, 0.2) is 6.61 Å². The number of hydrogen-bond donors (Lipinski definition) is 1. The van der Waals surface area contributed by atoms with Crippen LogP contribution in [0, 0.1) is 13.8 Å².